The zero-order valence-electron chi connectivity index (χ0n) is 18.9. The van der Waals surface area contributed by atoms with Crippen LogP contribution in [0.15, 0.2) is 77.6 Å². The summed E-state index contributed by atoms with van der Waals surface area (Å²) in [6, 6.07) is 22.7. The van der Waals surface area contributed by atoms with E-state index in [0.29, 0.717) is 23.3 Å². The molecule has 0 aliphatic carbocycles. The lowest BCUT2D eigenvalue weighted by Crippen LogP contribution is -2.32. The van der Waals surface area contributed by atoms with Crippen molar-refractivity contribution in [1.29, 1.82) is 0 Å². The molecule has 3 aromatic carbocycles. The Kier molecular flexibility index (Phi) is 5.55. The molecule has 0 atom stereocenters. The molecule has 0 spiro atoms. The highest BCUT2D eigenvalue weighted by Gasteiger charge is 2.19. The summed E-state index contributed by atoms with van der Waals surface area (Å²) in [5.74, 6) is 0.455. The first kappa shape index (κ1) is 21.4. The van der Waals surface area contributed by atoms with Crippen LogP contribution in [-0.4, -0.2) is 25.1 Å². The molecule has 0 fully saturated rings. The lowest BCUT2D eigenvalue weighted by molar-refractivity contribution is -0.122. The summed E-state index contributed by atoms with van der Waals surface area (Å²) in [6.07, 6.45) is 0. The van der Waals surface area contributed by atoms with Gasteiger partial charge < -0.3 is 10.1 Å². The third kappa shape index (κ3) is 4.25. The predicted molar refractivity (Wildman–Crippen MR) is 129 cm³/mol. The molecule has 5 aromatic rings. The number of nitrogens with zero attached hydrogens (tertiary/aromatic N) is 4. The maximum atomic E-state index is 13.2. The molecule has 8 heteroatoms. The number of hydrogen-bond donors (Lipinski definition) is 1. The van der Waals surface area contributed by atoms with Crippen molar-refractivity contribution in [2.75, 3.05) is 0 Å². The van der Waals surface area contributed by atoms with E-state index in [1.807, 2.05) is 74.5 Å². The number of aryl methyl sites for hydroxylation is 2. The van der Waals surface area contributed by atoms with Crippen LogP contribution in [0.1, 0.15) is 16.7 Å². The molecule has 0 unspecified atom stereocenters. The summed E-state index contributed by atoms with van der Waals surface area (Å²) in [5, 5.41) is 7.24. The van der Waals surface area contributed by atoms with E-state index in [4.69, 9.17) is 4.74 Å². The van der Waals surface area contributed by atoms with Gasteiger partial charge in [0.2, 0.25) is 11.6 Å². The Morgan fingerprint density at radius 3 is 2.35 bits per heavy atom. The fraction of sp³-hybridized carbons (Fsp3) is 0.154. The highest BCUT2D eigenvalue weighted by molar-refractivity contribution is 5.80. The molecule has 2 heterocycles. The van der Waals surface area contributed by atoms with Crippen molar-refractivity contribution in [1.82, 2.24) is 24.5 Å². The van der Waals surface area contributed by atoms with Crippen LogP contribution in [0, 0.1) is 13.8 Å². The number of hydrogen-bond acceptors (Lipinski definition) is 5. The molecule has 8 nitrogen and oxygen atoms in total. The smallest absolute Gasteiger partial charge is 0.351 e. The van der Waals surface area contributed by atoms with Crippen molar-refractivity contribution >= 4 is 22.6 Å². The van der Waals surface area contributed by atoms with Crippen molar-refractivity contribution in [3.05, 3.63) is 100.0 Å². The number of nitrogens with one attached hydrogen (secondary N) is 1. The number of rotatable bonds is 6. The molecule has 1 amide bonds. The SMILES string of the molecule is Cc1ccc(CNC(=O)Cn2nc3c(Oc4ccc(C)cc4)nc4ccccc4n3c2=O)cc1. The molecule has 170 valence electrons. The van der Waals surface area contributed by atoms with Gasteiger partial charge in [-0.25, -0.2) is 18.9 Å². The summed E-state index contributed by atoms with van der Waals surface area (Å²) < 4.78 is 8.56. The Bertz CT molecular complexity index is 1550. The quantitative estimate of drug-likeness (QED) is 0.423. The average Bonchev–Trinajstić information content (AvgIpc) is 3.16. The zero-order valence-corrected chi connectivity index (χ0v) is 18.9. The lowest BCUT2D eigenvalue weighted by atomic mass is 10.1. The maximum absolute atomic E-state index is 13.2. The topological polar surface area (TPSA) is 90.5 Å². The third-order valence-corrected chi connectivity index (χ3v) is 5.51. The van der Waals surface area contributed by atoms with Gasteiger partial charge in [-0.2, -0.15) is 0 Å². The van der Waals surface area contributed by atoms with Crippen LogP contribution >= 0.6 is 0 Å². The van der Waals surface area contributed by atoms with E-state index >= 15 is 0 Å². The van der Waals surface area contributed by atoms with Crippen LogP contribution in [-0.2, 0) is 17.9 Å². The van der Waals surface area contributed by atoms with Gasteiger partial charge in [-0.1, -0.05) is 59.7 Å². The predicted octanol–water partition coefficient (Wildman–Crippen LogP) is 3.77. The van der Waals surface area contributed by atoms with Crippen molar-refractivity contribution < 1.29 is 9.53 Å². The van der Waals surface area contributed by atoms with Gasteiger partial charge in [0, 0.05) is 6.54 Å². The number of aromatic nitrogens is 4. The Balaban J connectivity index is 1.48. The number of ether oxygens (including phenoxy) is 1. The highest BCUT2D eigenvalue weighted by Crippen LogP contribution is 2.26. The van der Waals surface area contributed by atoms with E-state index in [2.05, 4.69) is 15.4 Å². The summed E-state index contributed by atoms with van der Waals surface area (Å²) in [4.78, 5) is 30.4. The Morgan fingerprint density at radius 1 is 0.941 bits per heavy atom. The molecule has 0 saturated carbocycles. The number of carbonyl (C=O) groups excluding carboxylic acids is 1. The minimum absolute atomic E-state index is 0.193. The standard InChI is InChI=1S/C26H23N5O3/c1-17-7-11-19(12-8-17)15-27-23(32)16-30-26(33)31-22-6-4-3-5-21(22)28-25(24(31)29-30)34-20-13-9-18(2)10-14-20/h3-14H,15-16H2,1-2H3,(H,27,32). The van der Waals surface area contributed by atoms with Crippen LogP contribution in [0.3, 0.4) is 0 Å². The molecule has 2 aromatic heterocycles. The van der Waals surface area contributed by atoms with E-state index in [9.17, 15) is 9.59 Å². The van der Waals surface area contributed by atoms with E-state index in [1.54, 1.807) is 12.1 Å². The van der Waals surface area contributed by atoms with Crippen LogP contribution < -0.4 is 15.7 Å². The highest BCUT2D eigenvalue weighted by atomic mass is 16.5. The van der Waals surface area contributed by atoms with Crippen molar-refractivity contribution in [2.45, 2.75) is 26.9 Å². The molecule has 34 heavy (non-hydrogen) atoms. The largest absolute Gasteiger partial charge is 0.436 e. The second-order valence-corrected chi connectivity index (χ2v) is 8.18. The normalized spacial score (nSPS) is 11.1. The van der Waals surface area contributed by atoms with Crippen LogP contribution in [0.25, 0.3) is 16.7 Å². The summed E-state index contributed by atoms with van der Waals surface area (Å²) in [7, 11) is 0. The molecular formula is C26H23N5O3. The van der Waals surface area contributed by atoms with Gasteiger partial charge >= 0.3 is 5.69 Å². The number of benzene rings is 3. The van der Waals surface area contributed by atoms with Crippen LogP contribution in [0.2, 0.25) is 0 Å². The second-order valence-electron chi connectivity index (χ2n) is 8.18. The maximum Gasteiger partial charge on any atom is 0.351 e. The summed E-state index contributed by atoms with van der Waals surface area (Å²) >= 11 is 0. The fourth-order valence-corrected chi connectivity index (χ4v) is 3.66. The van der Waals surface area contributed by atoms with Gasteiger partial charge in [-0.05, 0) is 43.7 Å². The van der Waals surface area contributed by atoms with Crippen LogP contribution in [0.5, 0.6) is 11.6 Å². The van der Waals surface area contributed by atoms with E-state index in [0.717, 1.165) is 21.4 Å². The first-order valence-electron chi connectivity index (χ1n) is 10.9. The Labute approximate surface area is 195 Å². The van der Waals surface area contributed by atoms with Gasteiger partial charge in [0.1, 0.15) is 12.3 Å². The number of fused-ring (bicyclic) bond motifs is 3. The molecule has 0 aliphatic rings. The molecule has 0 saturated heterocycles. The Morgan fingerprint density at radius 2 is 1.62 bits per heavy atom. The summed E-state index contributed by atoms with van der Waals surface area (Å²) in [6.45, 7) is 4.15. The first-order valence-corrected chi connectivity index (χ1v) is 10.9. The van der Waals surface area contributed by atoms with E-state index in [1.165, 1.54) is 4.40 Å². The number of para-hydroxylation sites is 2. The van der Waals surface area contributed by atoms with Crippen molar-refractivity contribution in [2.24, 2.45) is 0 Å². The molecular weight excluding hydrogens is 430 g/mol. The average molecular weight is 454 g/mol. The Hall–Kier alpha value is -4.46. The molecule has 0 radical (unpaired) electrons. The molecule has 0 bridgehead atoms. The van der Waals surface area contributed by atoms with Gasteiger partial charge in [-0.15, -0.1) is 5.10 Å². The van der Waals surface area contributed by atoms with Gasteiger partial charge in [0.15, 0.2) is 0 Å². The van der Waals surface area contributed by atoms with Gasteiger partial charge in [-0.3, -0.25) is 4.79 Å². The van der Waals surface area contributed by atoms with E-state index in [-0.39, 0.29) is 24.0 Å². The third-order valence-electron chi connectivity index (χ3n) is 5.51. The summed E-state index contributed by atoms with van der Waals surface area (Å²) in [5.41, 5.74) is 4.21. The molecule has 1 N–H and O–H groups in total. The van der Waals surface area contributed by atoms with Gasteiger partial charge in [0.25, 0.3) is 5.88 Å². The monoisotopic (exact) mass is 453 g/mol. The van der Waals surface area contributed by atoms with Crippen LogP contribution in [0.4, 0.5) is 0 Å². The minimum atomic E-state index is -0.437. The fourth-order valence-electron chi connectivity index (χ4n) is 3.66. The van der Waals surface area contributed by atoms with E-state index < -0.39 is 5.69 Å². The number of carbonyl (C=O) groups is 1. The second kappa shape index (κ2) is 8.82. The minimum Gasteiger partial charge on any atom is -0.436 e. The first-order chi connectivity index (χ1) is 16.5. The zero-order chi connectivity index (χ0) is 23.7. The molecule has 0 aliphatic heterocycles. The lowest BCUT2D eigenvalue weighted by Gasteiger charge is -2.07. The van der Waals surface area contributed by atoms with Crippen molar-refractivity contribution in [3.8, 4) is 11.6 Å². The number of amides is 1. The molecule has 5 rings (SSSR count). The van der Waals surface area contributed by atoms with Crippen molar-refractivity contribution in [3.63, 3.8) is 0 Å². The van der Waals surface area contributed by atoms with Gasteiger partial charge in [0.05, 0.1) is 11.0 Å².